The van der Waals surface area contributed by atoms with E-state index in [1.807, 2.05) is 24.3 Å². The fourth-order valence-electron chi connectivity index (χ4n) is 10.4. The number of rotatable bonds is 12. The Balaban J connectivity index is 0.788. The molecule has 2 unspecified atom stereocenters. The topological polar surface area (TPSA) is 58.3 Å². The van der Waals surface area contributed by atoms with Crippen LogP contribution in [0.3, 0.4) is 0 Å². The van der Waals surface area contributed by atoms with E-state index in [0.29, 0.717) is 12.2 Å². The molecule has 0 N–H and O–H groups in total. The van der Waals surface area contributed by atoms with Crippen molar-refractivity contribution in [3.05, 3.63) is 223 Å². The predicted molar refractivity (Wildman–Crippen MR) is 285 cm³/mol. The van der Waals surface area contributed by atoms with Crippen molar-refractivity contribution in [1.82, 2.24) is 4.57 Å². The van der Waals surface area contributed by atoms with E-state index in [-0.39, 0.29) is 11.3 Å². The average Bonchev–Trinajstić information content (AvgIpc) is 4.07. The number of aromatic nitrogens is 1. The minimum absolute atomic E-state index is 0.0192. The molecule has 1 aliphatic rings. The highest BCUT2D eigenvalue weighted by molar-refractivity contribution is 7.19. The van der Waals surface area contributed by atoms with Gasteiger partial charge in [-0.3, -0.25) is 0 Å². The molecule has 11 rings (SSSR count). The van der Waals surface area contributed by atoms with E-state index in [1.165, 1.54) is 32.9 Å². The summed E-state index contributed by atoms with van der Waals surface area (Å²) >= 11 is 1.75. The first kappa shape index (κ1) is 43.6. The molecule has 8 aromatic carbocycles. The first-order valence-corrected chi connectivity index (χ1v) is 24.6. The van der Waals surface area contributed by atoms with Crippen molar-refractivity contribution in [1.29, 1.82) is 5.26 Å². The molecule has 1 aliphatic carbocycles. The normalized spacial score (nSPS) is 13.8. The van der Waals surface area contributed by atoms with Crippen LogP contribution in [0.2, 0.25) is 0 Å². The summed E-state index contributed by atoms with van der Waals surface area (Å²) in [6.07, 6.45) is 1.11. The third-order valence-electron chi connectivity index (χ3n) is 14.2. The van der Waals surface area contributed by atoms with Crippen LogP contribution in [0.5, 0.6) is 5.75 Å². The number of carbonyl (C=O) groups is 1. The Labute approximate surface area is 408 Å². The fraction of sp³-hybridized carbons (Fsp3) is 0.143. The molecular weight excluding hydrogens is 863 g/mol. The van der Waals surface area contributed by atoms with Crippen molar-refractivity contribution < 1.29 is 9.53 Å². The number of benzene rings is 8. The summed E-state index contributed by atoms with van der Waals surface area (Å²) in [6.45, 7) is 8.30. The zero-order chi connectivity index (χ0) is 47.3. The van der Waals surface area contributed by atoms with Crippen LogP contribution >= 0.6 is 11.3 Å². The number of fused-ring (bicyclic) bond motifs is 6. The molecule has 2 aromatic heterocycles. The van der Waals surface area contributed by atoms with E-state index in [9.17, 15) is 10.1 Å². The third kappa shape index (κ3) is 7.79. The smallest absolute Gasteiger partial charge is 0.331 e. The predicted octanol–water partition coefficient (Wildman–Crippen LogP) is 17.0. The lowest BCUT2D eigenvalue weighted by atomic mass is 9.78. The molecule has 5 nitrogen and oxygen atoms in total. The Bertz CT molecular complexity index is 3470. The molecule has 0 saturated carbocycles. The Morgan fingerprint density at radius 3 is 1.81 bits per heavy atom. The zero-order valence-corrected chi connectivity index (χ0v) is 40.0. The Morgan fingerprint density at radius 1 is 0.652 bits per heavy atom. The van der Waals surface area contributed by atoms with Gasteiger partial charge in [-0.1, -0.05) is 148 Å². The van der Waals surface area contributed by atoms with Crippen molar-refractivity contribution >= 4 is 55.5 Å². The number of ether oxygens (including phenoxy) is 1. The van der Waals surface area contributed by atoms with Gasteiger partial charge in [0.05, 0.1) is 17.1 Å². The largest absolute Gasteiger partial charge is 0.425 e. The summed E-state index contributed by atoms with van der Waals surface area (Å²) < 4.78 is 8.50. The molecule has 0 amide bonds. The number of thiophene rings is 1. The summed E-state index contributed by atoms with van der Waals surface area (Å²) in [5.74, 6) is -0.102. The highest BCUT2D eigenvalue weighted by Gasteiger charge is 2.40. The van der Waals surface area contributed by atoms with Gasteiger partial charge < -0.3 is 14.2 Å². The monoisotopic (exact) mass is 913 g/mol. The molecule has 336 valence electrons. The third-order valence-corrected chi connectivity index (χ3v) is 15.4. The van der Waals surface area contributed by atoms with Gasteiger partial charge in [0.25, 0.3) is 0 Å². The molecule has 0 aliphatic heterocycles. The fourth-order valence-corrected chi connectivity index (χ4v) is 11.5. The molecule has 0 bridgehead atoms. The van der Waals surface area contributed by atoms with E-state index in [1.54, 1.807) is 18.3 Å². The van der Waals surface area contributed by atoms with E-state index < -0.39 is 11.4 Å². The molecule has 0 saturated heterocycles. The van der Waals surface area contributed by atoms with Crippen molar-refractivity contribution in [2.75, 3.05) is 4.90 Å². The number of anilines is 3. The molecule has 2 atom stereocenters. The zero-order valence-electron chi connectivity index (χ0n) is 39.2. The van der Waals surface area contributed by atoms with Crippen LogP contribution in [0.25, 0.3) is 60.2 Å². The van der Waals surface area contributed by atoms with Crippen molar-refractivity contribution in [3.8, 4) is 50.2 Å². The first-order valence-electron chi connectivity index (χ1n) is 23.8. The molecule has 0 radical (unpaired) electrons. The molecule has 6 heteroatoms. The summed E-state index contributed by atoms with van der Waals surface area (Å²) in [5, 5.41) is 14.2. The highest BCUT2D eigenvalue weighted by atomic mass is 32.1. The second kappa shape index (κ2) is 17.6. The van der Waals surface area contributed by atoms with Crippen molar-refractivity contribution in [2.24, 2.45) is 5.41 Å². The van der Waals surface area contributed by atoms with Gasteiger partial charge >= 0.3 is 5.97 Å². The van der Waals surface area contributed by atoms with Gasteiger partial charge in [0, 0.05) is 38.1 Å². The average molecular weight is 914 g/mol. The molecule has 0 spiro atoms. The molecule has 69 heavy (non-hydrogen) atoms. The van der Waals surface area contributed by atoms with Crippen LogP contribution in [0.4, 0.5) is 16.4 Å². The van der Waals surface area contributed by atoms with Gasteiger partial charge in [-0.2, -0.15) is 5.26 Å². The van der Waals surface area contributed by atoms with Crippen molar-refractivity contribution in [2.45, 2.75) is 51.9 Å². The summed E-state index contributed by atoms with van der Waals surface area (Å²) in [7, 11) is 0. The lowest BCUT2D eigenvalue weighted by Crippen LogP contribution is -2.32. The van der Waals surface area contributed by atoms with Crippen LogP contribution in [0.15, 0.2) is 206 Å². The van der Waals surface area contributed by atoms with Gasteiger partial charge in [-0.25, -0.2) is 4.79 Å². The SMILES string of the molecule is CCC(CC(C)(C#N)C(=O)Oc1ccc2c(c1)C(C)(C)c1cc(-c3ccc(-n4c5ccccc5c5ccccc54)cc3)ccc1-2)c1ccc(-c2ccc(N(c3ccccc3)c3ccccc3)s2)cc1. The highest BCUT2D eigenvalue weighted by Crippen LogP contribution is 2.51. The van der Waals surface area contributed by atoms with Crippen molar-refractivity contribution in [3.63, 3.8) is 0 Å². The number of nitrogens with zero attached hydrogens (tertiary/aromatic N) is 3. The first-order chi connectivity index (χ1) is 33.6. The summed E-state index contributed by atoms with van der Waals surface area (Å²) in [5.41, 5.74) is 13.1. The van der Waals surface area contributed by atoms with Crippen LogP contribution < -0.4 is 9.64 Å². The van der Waals surface area contributed by atoms with Crippen LogP contribution in [-0.2, 0) is 10.2 Å². The van der Waals surface area contributed by atoms with Crippen LogP contribution in [0.1, 0.15) is 63.1 Å². The molecule has 2 heterocycles. The number of hydrogen-bond acceptors (Lipinski definition) is 5. The number of esters is 1. The van der Waals surface area contributed by atoms with Crippen LogP contribution in [0, 0.1) is 16.7 Å². The van der Waals surface area contributed by atoms with E-state index in [2.05, 4.69) is 218 Å². The standard InChI is InChI=1S/C63H51N3O2S/c1-5-42(43-24-26-45(27-25-43)59-36-37-60(69-59)65(47-16-8-6-9-17-47)48-18-10-7-11-19-48)40-63(4,41-64)61(67)68-50-33-35-52-51-34-30-46(38-55(51)62(2,3)56(52)39-50)44-28-31-49(32-29-44)66-57-22-14-12-20-53(57)54-21-13-15-23-58(54)66/h6-39,42H,5,40H2,1-4H3. The molecular formula is C63H51N3O2S. The lowest BCUT2D eigenvalue weighted by Gasteiger charge is -2.26. The Kier molecular flexibility index (Phi) is 11.1. The second-order valence-electron chi connectivity index (χ2n) is 18.9. The molecule has 0 fully saturated rings. The number of hydrogen-bond donors (Lipinski definition) is 0. The van der Waals surface area contributed by atoms with Gasteiger partial charge in [-0.05, 0) is 149 Å². The quantitative estimate of drug-likeness (QED) is 0.0905. The maximum Gasteiger partial charge on any atom is 0.331 e. The molecule has 10 aromatic rings. The summed E-state index contributed by atoms with van der Waals surface area (Å²) in [4.78, 5) is 17.6. The van der Waals surface area contributed by atoms with Gasteiger partial charge in [0.15, 0.2) is 5.41 Å². The maximum atomic E-state index is 14.1. The number of nitriles is 1. The summed E-state index contributed by atoms with van der Waals surface area (Å²) in [6, 6.07) is 74.9. The lowest BCUT2D eigenvalue weighted by molar-refractivity contribution is -0.142. The van der Waals surface area contributed by atoms with E-state index >= 15 is 0 Å². The minimum Gasteiger partial charge on any atom is -0.425 e. The van der Waals surface area contributed by atoms with Gasteiger partial charge in [-0.15, -0.1) is 11.3 Å². The second-order valence-corrected chi connectivity index (χ2v) is 20.0. The van der Waals surface area contributed by atoms with E-state index in [0.717, 1.165) is 66.7 Å². The van der Waals surface area contributed by atoms with Crippen LogP contribution in [-0.4, -0.2) is 10.5 Å². The number of carbonyl (C=O) groups excluding carboxylic acids is 1. The number of para-hydroxylation sites is 4. The Morgan fingerprint density at radius 2 is 1.20 bits per heavy atom. The van der Waals surface area contributed by atoms with Gasteiger partial charge in [0.1, 0.15) is 10.8 Å². The van der Waals surface area contributed by atoms with E-state index in [4.69, 9.17) is 4.74 Å². The van der Waals surface area contributed by atoms with Gasteiger partial charge in [0.2, 0.25) is 0 Å². The minimum atomic E-state index is -1.36. The Hall–Kier alpha value is -7.98. The maximum absolute atomic E-state index is 14.1.